The molecule has 1 aromatic carbocycles. The van der Waals surface area contributed by atoms with Crippen LogP contribution in [-0.2, 0) is 17.8 Å². The molecule has 0 spiro atoms. The maximum atomic E-state index is 13.3. The number of ether oxygens (including phenoxy) is 1. The van der Waals surface area contributed by atoms with Gasteiger partial charge in [-0.25, -0.2) is 14.8 Å². The molecule has 25 heavy (non-hydrogen) atoms. The SMILES string of the molecule is N#Cc1c(N)nc2c(c1C1CNNC1c1ccc(F)cc1)COCC2. The van der Waals surface area contributed by atoms with E-state index < -0.39 is 0 Å². The lowest BCUT2D eigenvalue weighted by molar-refractivity contribution is 0.108. The van der Waals surface area contributed by atoms with Gasteiger partial charge in [0.15, 0.2) is 0 Å². The number of rotatable bonds is 2. The monoisotopic (exact) mass is 339 g/mol. The van der Waals surface area contributed by atoms with Crippen LogP contribution >= 0.6 is 0 Å². The maximum absolute atomic E-state index is 13.3. The van der Waals surface area contributed by atoms with Crippen LogP contribution in [0.25, 0.3) is 0 Å². The van der Waals surface area contributed by atoms with E-state index in [4.69, 9.17) is 10.5 Å². The van der Waals surface area contributed by atoms with E-state index in [1.165, 1.54) is 12.1 Å². The van der Waals surface area contributed by atoms with E-state index in [9.17, 15) is 9.65 Å². The van der Waals surface area contributed by atoms with Gasteiger partial charge in [0.05, 0.1) is 30.5 Å². The maximum Gasteiger partial charge on any atom is 0.141 e. The lowest BCUT2D eigenvalue weighted by Crippen LogP contribution is -2.25. The number of hydrogen-bond acceptors (Lipinski definition) is 6. The molecule has 2 atom stereocenters. The minimum atomic E-state index is -0.275. The first kappa shape index (κ1) is 16.0. The normalized spacial score (nSPS) is 22.4. The van der Waals surface area contributed by atoms with Crippen LogP contribution in [0.3, 0.4) is 0 Å². The number of fused-ring (bicyclic) bond motifs is 1. The fourth-order valence-corrected chi connectivity index (χ4v) is 3.70. The van der Waals surface area contributed by atoms with Crippen LogP contribution in [0.15, 0.2) is 24.3 Å². The van der Waals surface area contributed by atoms with Crippen LogP contribution in [0.1, 0.15) is 39.9 Å². The average molecular weight is 339 g/mol. The first-order valence-electron chi connectivity index (χ1n) is 8.22. The van der Waals surface area contributed by atoms with Gasteiger partial charge < -0.3 is 10.5 Å². The molecule has 2 unspecified atom stereocenters. The standard InChI is InChI=1S/C18H18FN5O/c19-11-3-1-10(2-4-11)17-13(8-22-24-17)16-12(7-20)18(21)23-15-5-6-25-9-14(15)16/h1-4,13,17,22,24H,5-6,8-9H2,(H2,21,23). The first-order chi connectivity index (χ1) is 12.2. The molecular formula is C18H18FN5O. The Morgan fingerprint density at radius 3 is 2.88 bits per heavy atom. The summed E-state index contributed by atoms with van der Waals surface area (Å²) in [6.45, 7) is 1.67. The Hall–Kier alpha value is -2.53. The molecule has 0 bridgehead atoms. The Balaban J connectivity index is 1.84. The molecule has 0 radical (unpaired) electrons. The third-order valence-corrected chi connectivity index (χ3v) is 4.88. The van der Waals surface area contributed by atoms with Crippen LogP contribution < -0.4 is 16.6 Å². The Labute approximate surface area is 144 Å². The average Bonchev–Trinajstić information content (AvgIpc) is 3.10. The van der Waals surface area contributed by atoms with Gasteiger partial charge in [-0.3, -0.25) is 5.43 Å². The van der Waals surface area contributed by atoms with Crippen molar-refractivity contribution < 1.29 is 9.13 Å². The molecule has 1 saturated heterocycles. The van der Waals surface area contributed by atoms with Crippen molar-refractivity contribution >= 4 is 5.82 Å². The number of pyridine rings is 1. The number of benzene rings is 1. The number of nitrogen functional groups attached to an aromatic ring is 1. The Morgan fingerprint density at radius 1 is 1.32 bits per heavy atom. The minimum absolute atomic E-state index is 0.0270. The highest BCUT2D eigenvalue weighted by atomic mass is 19.1. The Bertz CT molecular complexity index is 846. The summed E-state index contributed by atoms with van der Waals surface area (Å²) in [5, 5.41) is 9.65. The topological polar surface area (TPSA) is 96.0 Å². The van der Waals surface area contributed by atoms with Gasteiger partial charge in [-0.2, -0.15) is 5.26 Å². The molecule has 3 heterocycles. The van der Waals surface area contributed by atoms with E-state index in [1.807, 2.05) is 0 Å². The Morgan fingerprint density at radius 2 is 2.12 bits per heavy atom. The van der Waals surface area contributed by atoms with Crippen molar-refractivity contribution in [3.63, 3.8) is 0 Å². The smallest absolute Gasteiger partial charge is 0.141 e. The summed E-state index contributed by atoms with van der Waals surface area (Å²) >= 11 is 0. The molecule has 1 aromatic heterocycles. The summed E-state index contributed by atoms with van der Waals surface area (Å²) < 4.78 is 18.9. The second kappa shape index (κ2) is 6.41. The zero-order chi connectivity index (χ0) is 17.4. The van der Waals surface area contributed by atoms with Crippen molar-refractivity contribution in [2.75, 3.05) is 18.9 Å². The summed E-state index contributed by atoms with van der Waals surface area (Å²) in [5.74, 6) is -0.0355. The predicted octanol–water partition coefficient (Wildman–Crippen LogP) is 1.68. The molecule has 6 nitrogen and oxygen atoms in total. The number of nitrogens with zero attached hydrogens (tertiary/aromatic N) is 2. The van der Waals surface area contributed by atoms with Crippen molar-refractivity contribution in [2.24, 2.45) is 0 Å². The number of hydrazine groups is 1. The second-order valence-electron chi connectivity index (χ2n) is 6.29. The van der Waals surface area contributed by atoms with Crippen molar-refractivity contribution in [1.29, 1.82) is 5.26 Å². The fraction of sp³-hybridized carbons (Fsp3) is 0.333. The number of aromatic nitrogens is 1. The summed E-state index contributed by atoms with van der Waals surface area (Å²) in [4.78, 5) is 4.41. The second-order valence-corrected chi connectivity index (χ2v) is 6.29. The van der Waals surface area contributed by atoms with Crippen LogP contribution in [-0.4, -0.2) is 18.1 Å². The van der Waals surface area contributed by atoms with Gasteiger partial charge in [0.25, 0.3) is 0 Å². The molecule has 128 valence electrons. The molecule has 0 saturated carbocycles. The lowest BCUT2D eigenvalue weighted by atomic mass is 9.82. The van der Waals surface area contributed by atoms with Crippen molar-refractivity contribution in [2.45, 2.75) is 25.0 Å². The highest BCUT2D eigenvalue weighted by molar-refractivity contribution is 5.59. The molecule has 2 aliphatic rings. The van der Waals surface area contributed by atoms with E-state index in [2.05, 4.69) is 21.9 Å². The van der Waals surface area contributed by atoms with E-state index in [0.29, 0.717) is 31.7 Å². The van der Waals surface area contributed by atoms with Crippen molar-refractivity contribution in [3.05, 3.63) is 58.0 Å². The number of hydrogen-bond donors (Lipinski definition) is 3. The van der Waals surface area contributed by atoms with Crippen LogP contribution in [0.4, 0.5) is 10.2 Å². The van der Waals surface area contributed by atoms with E-state index >= 15 is 0 Å². The summed E-state index contributed by atoms with van der Waals surface area (Å²) in [5.41, 5.74) is 16.6. The molecule has 7 heteroatoms. The largest absolute Gasteiger partial charge is 0.383 e. The third-order valence-electron chi connectivity index (χ3n) is 4.88. The number of nitriles is 1. The van der Waals surface area contributed by atoms with Gasteiger partial charge in [0.2, 0.25) is 0 Å². The molecule has 4 rings (SSSR count). The molecule has 0 amide bonds. The summed E-state index contributed by atoms with van der Waals surface area (Å²) in [6, 6.07) is 8.51. The minimum Gasteiger partial charge on any atom is -0.383 e. The summed E-state index contributed by atoms with van der Waals surface area (Å²) in [6.07, 6.45) is 0.688. The number of halogens is 1. The molecule has 2 aliphatic heterocycles. The number of nitrogens with two attached hydrogens (primary N) is 1. The van der Waals surface area contributed by atoms with Gasteiger partial charge in [0.1, 0.15) is 17.7 Å². The van der Waals surface area contributed by atoms with Gasteiger partial charge in [0, 0.05) is 24.4 Å². The van der Waals surface area contributed by atoms with Crippen molar-refractivity contribution in [3.8, 4) is 6.07 Å². The van der Waals surface area contributed by atoms with Crippen LogP contribution in [0.2, 0.25) is 0 Å². The number of anilines is 1. The zero-order valence-electron chi connectivity index (χ0n) is 13.6. The van der Waals surface area contributed by atoms with E-state index in [1.54, 1.807) is 12.1 Å². The van der Waals surface area contributed by atoms with Gasteiger partial charge >= 0.3 is 0 Å². The van der Waals surface area contributed by atoms with Gasteiger partial charge in [-0.15, -0.1) is 0 Å². The molecular weight excluding hydrogens is 321 g/mol. The highest BCUT2D eigenvalue weighted by Crippen LogP contribution is 2.39. The Kier molecular flexibility index (Phi) is 4.09. The molecule has 1 fully saturated rings. The summed E-state index contributed by atoms with van der Waals surface area (Å²) in [7, 11) is 0. The third kappa shape index (κ3) is 2.74. The van der Waals surface area contributed by atoms with E-state index in [-0.39, 0.29) is 23.6 Å². The lowest BCUT2D eigenvalue weighted by Gasteiger charge is -2.27. The fourth-order valence-electron chi connectivity index (χ4n) is 3.70. The molecule has 2 aromatic rings. The predicted molar refractivity (Wildman–Crippen MR) is 89.7 cm³/mol. The van der Waals surface area contributed by atoms with Gasteiger partial charge in [-0.1, -0.05) is 12.1 Å². The van der Waals surface area contributed by atoms with Gasteiger partial charge in [-0.05, 0) is 23.3 Å². The van der Waals surface area contributed by atoms with Crippen LogP contribution in [0, 0.1) is 17.1 Å². The molecule has 4 N–H and O–H groups in total. The number of nitrogens with one attached hydrogen (secondary N) is 2. The van der Waals surface area contributed by atoms with E-state index in [0.717, 1.165) is 22.4 Å². The first-order valence-corrected chi connectivity index (χ1v) is 8.22. The molecule has 0 aliphatic carbocycles. The zero-order valence-corrected chi connectivity index (χ0v) is 13.6. The van der Waals surface area contributed by atoms with Crippen molar-refractivity contribution in [1.82, 2.24) is 15.8 Å². The van der Waals surface area contributed by atoms with Crippen LogP contribution in [0.5, 0.6) is 0 Å². The highest BCUT2D eigenvalue weighted by Gasteiger charge is 2.35. The quantitative estimate of drug-likeness (QED) is 0.770.